The van der Waals surface area contributed by atoms with Crippen molar-refractivity contribution in [2.75, 3.05) is 33.4 Å². The molecular weight excluding hydrogens is 223 g/mol. The molecule has 0 aliphatic heterocycles. The zero-order valence-electron chi connectivity index (χ0n) is 9.86. The van der Waals surface area contributed by atoms with E-state index in [0.717, 1.165) is 0 Å². The summed E-state index contributed by atoms with van der Waals surface area (Å²) in [6.07, 6.45) is 0. The SMILES string of the molecule is COCCN(CCN)C(=O)c1ccc(F)cc1. The molecule has 1 rings (SSSR count). The number of methoxy groups -OCH3 is 1. The maximum Gasteiger partial charge on any atom is 0.253 e. The lowest BCUT2D eigenvalue weighted by molar-refractivity contribution is 0.0701. The summed E-state index contributed by atoms with van der Waals surface area (Å²) in [6.45, 7) is 1.77. The molecule has 17 heavy (non-hydrogen) atoms. The van der Waals surface area contributed by atoms with Crippen molar-refractivity contribution < 1.29 is 13.9 Å². The van der Waals surface area contributed by atoms with E-state index in [1.54, 1.807) is 12.0 Å². The lowest BCUT2D eigenvalue weighted by atomic mass is 10.2. The summed E-state index contributed by atoms with van der Waals surface area (Å²) in [6, 6.07) is 5.47. The molecule has 0 fully saturated rings. The van der Waals surface area contributed by atoms with Crippen LogP contribution in [-0.2, 0) is 4.74 Å². The summed E-state index contributed by atoms with van der Waals surface area (Å²) in [5.41, 5.74) is 5.90. The van der Waals surface area contributed by atoms with Crippen molar-refractivity contribution in [3.63, 3.8) is 0 Å². The van der Waals surface area contributed by atoms with E-state index >= 15 is 0 Å². The van der Waals surface area contributed by atoms with E-state index in [2.05, 4.69) is 0 Å². The second-order valence-electron chi connectivity index (χ2n) is 3.58. The highest BCUT2D eigenvalue weighted by atomic mass is 19.1. The molecule has 1 aromatic carbocycles. The van der Waals surface area contributed by atoms with E-state index in [1.807, 2.05) is 0 Å². The van der Waals surface area contributed by atoms with Gasteiger partial charge >= 0.3 is 0 Å². The lowest BCUT2D eigenvalue weighted by Crippen LogP contribution is -2.37. The van der Waals surface area contributed by atoms with Crippen molar-refractivity contribution in [3.8, 4) is 0 Å². The Morgan fingerprint density at radius 2 is 2.00 bits per heavy atom. The molecule has 0 unspecified atom stereocenters. The molecule has 0 saturated carbocycles. The molecule has 0 aromatic heterocycles. The van der Waals surface area contributed by atoms with Crippen molar-refractivity contribution >= 4 is 5.91 Å². The highest BCUT2D eigenvalue weighted by Crippen LogP contribution is 2.06. The monoisotopic (exact) mass is 240 g/mol. The van der Waals surface area contributed by atoms with Gasteiger partial charge in [-0.3, -0.25) is 4.79 Å². The molecule has 0 radical (unpaired) electrons. The van der Waals surface area contributed by atoms with Crippen molar-refractivity contribution in [1.82, 2.24) is 4.90 Å². The molecule has 2 N–H and O–H groups in total. The molecule has 1 aromatic rings. The van der Waals surface area contributed by atoms with E-state index in [9.17, 15) is 9.18 Å². The number of ether oxygens (including phenoxy) is 1. The summed E-state index contributed by atoms with van der Waals surface area (Å²) in [5, 5.41) is 0. The minimum Gasteiger partial charge on any atom is -0.383 e. The first-order chi connectivity index (χ1) is 8.19. The van der Waals surface area contributed by atoms with Gasteiger partial charge in [0, 0.05) is 32.3 Å². The van der Waals surface area contributed by atoms with Gasteiger partial charge in [-0.25, -0.2) is 4.39 Å². The summed E-state index contributed by atoms with van der Waals surface area (Å²) >= 11 is 0. The summed E-state index contributed by atoms with van der Waals surface area (Å²) in [4.78, 5) is 13.6. The van der Waals surface area contributed by atoms with Gasteiger partial charge in [-0.2, -0.15) is 0 Å². The third kappa shape index (κ3) is 4.13. The molecule has 4 nitrogen and oxygen atoms in total. The number of hydrogen-bond acceptors (Lipinski definition) is 3. The number of carbonyl (C=O) groups is 1. The smallest absolute Gasteiger partial charge is 0.253 e. The molecule has 0 aliphatic carbocycles. The van der Waals surface area contributed by atoms with Gasteiger partial charge in [0.25, 0.3) is 5.91 Å². The highest BCUT2D eigenvalue weighted by Gasteiger charge is 2.14. The Morgan fingerprint density at radius 3 is 2.53 bits per heavy atom. The first kappa shape index (κ1) is 13.6. The lowest BCUT2D eigenvalue weighted by Gasteiger charge is -2.21. The number of hydrogen-bond donors (Lipinski definition) is 1. The summed E-state index contributed by atoms with van der Waals surface area (Å²) in [7, 11) is 1.57. The number of nitrogens with zero attached hydrogens (tertiary/aromatic N) is 1. The number of benzene rings is 1. The van der Waals surface area contributed by atoms with Crippen LogP contribution < -0.4 is 5.73 Å². The minimum absolute atomic E-state index is 0.160. The maximum atomic E-state index is 12.7. The average Bonchev–Trinajstić information content (AvgIpc) is 2.34. The maximum absolute atomic E-state index is 12.7. The van der Waals surface area contributed by atoms with Crippen LogP contribution in [0.2, 0.25) is 0 Å². The van der Waals surface area contributed by atoms with Crippen LogP contribution in [-0.4, -0.2) is 44.2 Å². The standard InChI is InChI=1S/C12H17FN2O2/c1-17-9-8-15(7-6-14)12(16)10-2-4-11(13)5-3-10/h2-5H,6-9,14H2,1H3. The summed E-state index contributed by atoms with van der Waals surface area (Å²) < 4.78 is 17.7. The van der Waals surface area contributed by atoms with Gasteiger partial charge in [-0.1, -0.05) is 0 Å². The van der Waals surface area contributed by atoms with E-state index in [-0.39, 0.29) is 11.7 Å². The van der Waals surface area contributed by atoms with E-state index in [1.165, 1.54) is 24.3 Å². The molecule has 94 valence electrons. The van der Waals surface area contributed by atoms with Gasteiger partial charge in [0.1, 0.15) is 5.82 Å². The van der Waals surface area contributed by atoms with Gasteiger partial charge in [-0.05, 0) is 24.3 Å². The third-order valence-corrected chi connectivity index (χ3v) is 2.34. The van der Waals surface area contributed by atoms with Crippen LogP contribution in [0.5, 0.6) is 0 Å². The molecule has 0 bridgehead atoms. The molecule has 1 amide bonds. The fourth-order valence-corrected chi connectivity index (χ4v) is 1.45. The van der Waals surface area contributed by atoms with Crippen molar-refractivity contribution in [1.29, 1.82) is 0 Å². The minimum atomic E-state index is -0.358. The van der Waals surface area contributed by atoms with Gasteiger partial charge in [0.05, 0.1) is 6.61 Å². The zero-order chi connectivity index (χ0) is 12.7. The van der Waals surface area contributed by atoms with Crippen LogP contribution >= 0.6 is 0 Å². The molecule has 0 heterocycles. The Balaban J connectivity index is 2.72. The van der Waals surface area contributed by atoms with Crippen molar-refractivity contribution in [2.45, 2.75) is 0 Å². The number of amides is 1. The fraction of sp³-hybridized carbons (Fsp3) is 0.417. The Hall–Kier alpha value is -1.46. The Labute approximate surface area is 100 Å². The van der Waals surface area contributed by atoms with Crippen LogP contribution in [0.15, 0.2) is 24.3 Å². The normalized spacial score (nSPS) is 10.3. The molecular formula is C12H17FN2O2. The van der Waals surface area contributed by atoms with Gasteiger partial charge in [0.15, 0.2) is 0 Å². The summed E-state index contributed by atoms with van der Waals surface area (Å²) in [5.74, 6) is -0.517. The zero-order valence-corrected chi connectivity index (χ0v) is 9.86. The van der Waals surface area contributed by atoms with Crippen LogP contribution in [0.1, 0.15) is 10.4 Å². The first-order valence-corrected chi connectivity index (χ1v) is 5.43. The third-order valence-electron chi connectivity index (χ3n) is 2.34. The van der Waals surface area contributed by atoms with E-state index < -0.39 is 0 Å². The molecule has 0 saturated heterocycles. The fourth-order valence-electron chi connectivity index (χ4n) is 1.45. The van der Waals surface area contributed by atoms with Gasteiger partial charge in [0.2, 0.25) is 0 Å². The van der Waals surface area contributed by atoms with E-state index in [0.29, 0.717) is 31.8 Å². The topological polar surface area (TPSA) is 55.6 Å². The second kappa shape index (κ2) is 6.98. The van der Waals surface area contributed by atoms with Gasteiger partial charge in [-0.15, -0.1) is 0 Å². The average molecular weight is 240 g/mol. The number of halogens is 1. The number of rotatable bonds is 6. The Bertz CT molecular complexity index is 354. The van der Waals surface area contributed by atoms with Crippen molar-refractivity contribution in [3.05, 3.63) is 35.6 Å². The first-order valence-electron chi connectivity index (χ1n) is 5.43. The van der Waals surface area contributed by atoms with Crippen LogP contribution in [0, 0.1) is 5.82 Å². The predicted molar refractivity (Wildman–Crippen MR) is 63.2 cm³/mol. The van der Waals surface area contributed by atoms with Crippen LogP contribution in [0.4, 0.5) is 4.39 Å². The highest BCUT2D eigenvalue weighted by molar-refractivity contribution is 5.94. The molecule has 0 atom stereocenters. The molecule has 0 spiro atoms. The van der Waals surface area contributed by atoms with Crippen LogP contribution in [0.25, 0.3) is 0 Å². The van der Waals surface area contributed by atoms with Crippen molar-refractivity contribution in [2.24, 2.45) is 5.73 Å². The number of carbonyl (C=O) groups excluding carboxylic acids is 1. The van der Waals surface area contributed by atoms with E-state index in [4.69, 9.17) is 10.5 Å². The second-order valence-corrected chi connectivity index (χ2v) is 3.58. The van der Waals surface area contributed by atoms with Gasteiger partial charge < -0.3 is 15.4 Å². The number of nitrogens with two attached hydrogens (primary N) is 1. The Kier molecular flexibility index (Phi) is 5.59. The Morgan fingerprint density at radius 1 is 1.35 bits per heavy atom. The quantitative estimate of drug-likeness (QED) is 0.802. The van der Waals surface area contributed by atoms with Crippen LogP contribution in [0.3, 0.4) is 0 Å². The largest absolute Gasteiger partial charge is 0.383 e. The molecule has 5 heteroatoms. The molecule has 0 aliphatic rings. The predicted octanol–water partition coefficient (Wildman–Crippen LogP) is 0.873.